The first kappa shape index (κ1) is 36.4. The maximum atomic E-state index is 12.5. The zero-order valence-electron chi connectivity index (χ0n) is 24.9. The van der Waals surface area contributed by atoms with Crippen molar-refractivity contribution in [3.05, 3.63) is 23.8 Å². The number of rotatable bonds is 16. The average molecular weight is 614 g/mol. The Bertz CT molecular complexity index is 993. The Morgan fingerprint density at radius 1 is 1.05 bits per heavy atom. The highest BCUT2D eigenvalue weighted by molar-refractivity contribution is 5.97. The van der Waals surface area contributed by atoms with Crippen LogP contribution in [-0.2, 0) is 28.7 Å². The normalized spacial score (nSPS) is 24.1. The third-order valence-corrected chi connectivity index (χ3v) is 7.84. The fraction of sp³-hybridized carbons (Fsp3) is 0.714. The summed E-state index contributed by atoms with van der Waals surface area (Å²) in [6.07, 6.45) is 4.62. The van der Waals surface area contributed by atoms with E-state index in [9.17, 15) is 39.6 Å². The van der Waals surface area contributed by atoms with Crippen molar-refractivity contribution < 1.29 is 49.1 Å². The second kappa shape index (κ2) is 18.8. The van der Waals surface area contributed by atoms with E-state index in [2.05, 4.69) is 5.32 Å². The van der Waals surface area contributed by atoms with Crippen molar-refractivity contribution in [1.29, 1.82) is 0 Å². The van der Waals surface area contributed by atoms with E-state index in [-0.39, 0.29) is 77.7 Å². The second-order valence-electron chi connectivity index (χ2n) is 10.6. The van der Waals surface area contributed by atoms with Gasteiger partial charge in [-0.15, -0.1) is 0 Å². The Morgan fingerprint density at radius 2 is 1.74 bits per heavy atom. The number of nitrogens with two attached hydrogens (primary N) is 1. The van der Waals surface area contributed by atoms with E-state index in [0.717, 1.165) is 0 Å². The smallest absolute Gasteiger partial charge is 0.317 e. The predicted octanol–water partition coefficient (Wildman–Crippen LogP) is -1.58. The summed E-state index contributed by atoms with van der Waals surface area (Å²) in [5.74, 6) is -3.38. The molecule has 15 nitrogen and oxygen atoms in total. The SMILES string of the molecule is CCC1(C(N)OCC2=CC=CCC2=O)C(CCOCCO)N(CC(=O)O)CCN(CC(=O)O)CCNCCN1CC(=O)O. The van der Waals surface area contributed by atoms with Gasteiger partial charge in [-0.2, -0.15) is 0 Å². The highest BCUT2D eigenvalue weighted by Crippen LogP contribution is 2.34. The summed E-state index contributed by atoms with van der Waals surface area (Å²) >= 11 is 0. The molecule has 2 aliphatic rings. The molecule has 1 fully saturated rings. The molecule has 3 atom stereocenters. The van der Waals surface area contributed by atoms with Gasteiger partial charge < -0.3 is 41.0 Å². The number of nitrogens with one attached hydrogen (secondary N) is 1. The van der Waals surface area contributed by atoms with Crippen molar-refractivity contribution in [2.75, 3.05) is 85.3 Å². The Hall–Kier alpha value is -2.76. The predicted molar refractivity (Wildman–Crippen MR) is 155 cm³/mol. The average Bonchev–Trinajstić information content (AvgIpc) is 2.94. The molecule has 0 bridgehead atoms. The monoisotopic (exact) mass is 613 g/mol. The quantitative estimate of drug-likeness (QED) is 0.0856. The Labute approximate surface area is 251 Å². The van der Waals surface area contributed by atoms with Gasteiger partial charge >= 0.3 is 17.9 Å². The lowest BCUT2D eigenvalue weighted by Crippen LogP contribution is -2.72. The molecule has 15 heteroatoms. The maximum absolute atomic E-state index is 12.5. The van der Waals surface area contributed by atoms with Gasteiger partial charge in [0.1, 0.15) is 6.23 Å². The van der Waals surface area contributed by atoms with Gasteiger partial charge in [0, 0.05) is 63.9 Å². The minimum absolute atomic E-state index is 0.0479. The van der Waals surface area contributed by atoms with Gasteiger partial charge in [0.15, 0.2) is 5.78 Å². The van der Waals surface area contributed by atoms with E-state index in [0.29, 0.717) is 25.2 Å². The van der Waals surface area contributed by atoms with Crippen LogP contribution >= 0.6 is 0 Å². The zero-order chi connectivity index (χ0) is 31.8. The van der Waals surface area contributed by atoms with E-state index >= 15 is 0 Å². The highest BCUT2D eigenvalue weighted by Gasteiger charge is 2.51. The molecule has 0 aromatic carbocycles. The van der Waals surface area contributed by atoms with Crippen LogP contribution in [0.3, 0.4) is 0 Å². The lowest BCUT2D eigenvalue weighted by atomic mass is 9.80. The molecule has 1 saturated heterocycles. The number of aliphatic carboxylic acids is 3. The van der Waals surface area contributed by atoms with Crippen LogP contribution in [0.25, 0.3) is 0 Å². The summed E-state index contributed by atoms with van der Waals surface area (Å²) in [7, 11) is 0. The van der Waals surface area contributed by atoms with Crippen LogP contribution in [0.4, 0.5) is 0 Å². The molecule has 2 rings (SSSR count). The molecule has 7 N–H and O–H groups in total. The maximum Gasteiger partial charge on any atom is 0.317 e. The summed E-state index contributed by atoms with van der Waals surface area (Å²) in [5, 5.41) is 41.9. The minimum Gasteiger partial charge on any atom is -0.480 e. The zero-order valence-corrected chi connectivity index (χ0v) is 24.9. The fourth-order valence-corrected chi connectivity index (χ4v) is 5.81. The summed E-state index contributed by atoms with van der Waals surface area (Å²) in [6.45, 7) is 2.24. The molecule has 0 radical (unpaired) electrons. The lowest BCUT2D eigenvalue weighted by molar-refractivity contribution is -0.154. The minimum atomic E-state index is -1.29. The highest BCUT2D eigenvalue weighted by atomic mass is 16.5. The lowest BCUT2D eigenvalue weighted by Gasteiger charge is -2.54. The Balaban J connectivity index is 2.64. The molecule has 1 aliphatic heterocycles. The molecule has 3 unspecified atom stereocenters. The van der Waals surface area contributed by atoms with Gasteiger partial charge in [-0.05, 0) is 12.8 Å². The molecule has 244 valence electrons. The first-order valence-corrected chi connectivity index (χ1v) is 14.6. The van der Waals surface area contributed by atoms with Crippen LogP contribution in [-0.4, -0.2) is 162 Å². The molecular formula is C28H47N5O10. The Morgan fingerprint density at radius 3 is 2.37 bits per heavy atom. The van der Waals surface area contributed by atoms with E-state index in [1.165, 1.54) is 0 Å². The van der Waals surface area contributed by atoms with Crippen molar-refractivity contribution in [2.45, 2.75) is 44.0 Å². The van der Waals surface area contributed by atoms with Crippen LogP contribution < -0.4 is 11.1 Å². The number of carbonyl (C=O) groups excluding carboxylic acids is 1. The molecule has 0 spiro atoms. The standard InChI is InChI=1S/C28H47N5O10/c1-2-28(27(29)43-20-21-5-3-4-6-22(21)35)23(7-15-42-16-14-34)32(18-25(38)39)13-12-31(17-24(36)37)10-8-30-9-11-33(28)19-26(40)41/h3-5,23,27,30,34H,2,6-20,29H2,1H3,(H,36,37)(H,38,39)(H,40,41). The van der Waals surface area contributed by atoms with Gasteiger partial charge in [-0.25, -0.2) is 0 Å². The van der Waals surface area contributed by atoms with E-state index < -0.39 is 48.8 Å². The summed E-state index contributed by atoms with van der Waals surface area (Å²) in [4.78, 5) is 53.4. The molecule has 0 saturated carbocycles. The van der Waals surface area contributed by atoms with Gasteiger partial charge in [0.05, 0.1) is 45.0 Å². The van der Waals surface area contributed by atoms with Crippen LogP contribution in [0.5, 0.6) is 0 Å². The number of aliphatic hydroxyl groups is 1. The Kier molecular flexibility index (Phi) is 15.9. The van der Waals surface area contributed by atoms with Gasteiger partial charge in [0.2, 0.25) is 0 Å². The summed E-state index contributed by atoms with van der Waals surface area (Å²) in [5.41, 5.74) is 5.96. The second-order valence-corrected chi connectivity index (χ2v) is 10.6. The number of hydrogen-bond acceptors (Lipinski definition) is 12. The summed E-state index contributed by atoms with van der Waals surface area (Å²) in [6, 6.07) is -0.747. The number of aliphatic hydroxyl groups excluding tert-OH is 1. The van der Waals surface area contributed by atoms with Crippen LogP contribution in [0.15, 0.2) is 23.8 Å². The number of carboxylic acid groups (broad SMARTS) is 3. The number of hydrogen-bond donors (Lipinski definition) is 6. The largest absolute Gasteiger partial charge is 0.480 e. The van der Waals surface area contributed by atoms with E-state index in [4.69, 9.17) is 15.2 Å². The molecule has 43 heavy (non-hydrogen) atoms. The van der Waals surface area contributed by atoms with Crippen molar-refractivity contribution in [2.24, 2.45) is 5.73 Å². The topological polar surface area (TPSA) is 215 Å². The molecule has 0 aromatic heterocycles. The van der Waals surface area contributed by atoms with Gasteiger partial charge in [-0.3, -0.25) is 33.9 Å². The van der Waals surface area contributed by atoms with Gasteiger partial charge in [-0.1, -0.05) is 25.2 Å². The molecule has 0 amide bonds. The number of allylic oxidation sites excluding steroid dienone is 3. The van der Waals surface area contributed by atoms with Crippen molar-refractivity contribution >= 4 is 23.7 Å². The fourth-order valence-electron chi connectivity index (χ4n) is 5.81. The summed E-state index contributed by atoms with van der Waals surface area (Å²) < 4.78 is 11.7. The van der Waals surface area contributed by atoms with Crippen LogP contribution in [0.1, 0.15) is 26.2 Å². The third-order valence-electron chi connectivity index (χ3n) is 7.84. The van der Waals surface area contributed by atoms with Gasteiger partial charge in [0.25, 0.3) is 0 Å². The molecule has 0 aromatic rings. The van der Waals surface area contributed by atoms with Crippen LogP contribution in [0, 0.1) is 0 Å². The van der Waals surface area contributed by atoms with E-state index in [1.807, 2.05) is 6.92 Å². The molecule has 1 aliphatic carbocycles. The molecular weight excluding hydrogens is 566 g/mol. The van der Waals surface area contributed by atoms with Crippen LogP contribution in [0.2, 0.25) is 0 Å². The third kappa shape index (κ3) is 11.4. The van der Waals surface area contributed by atoms with E-state index in [1.54, 1.807) is 32.9 Å². The first-order valence-electron chi connectivity index (χ1n) is 14.6. The number of ether oxygens (including phenoxy) is 2. The van der Waals surface area contributed by atoms with Crippen molar-refractivity contribution in [1.82, 2.24) is 20.0 Å². The van der Waals surface area contributed by atoms with Crippen molar-refractivity contribution in [3.8, 4) is 0 Å². The number of carboxylic acids is 3. The number of carbonyl (C=O) groups is 4. The molecule has 1 heterocycles. The number of Topliss-reactive ketones (excluding diaryl/α,β-unsaturated/α-hetero) is 1. The number of ketones is 1. The number of nitrogens with zero attached hydrogens (tertiary/aromatic N) is 3. The van der Waals surface area contributed by atoms with Crippen molar-refractivity contribution in [3.63, 3.8) is 0 Å². The first-order chi connectivity index (χ1) is 20.5.